The molecule has 3 aromatic rings. The van der Waals surface area contributed by atoms with Gasteiger partial charge in [0.25, 0.3) is 5.56 Å². The third-order valence-corrected chi connectivity index (χ3v) is 4.90. The first kappa shape index (κ1) is 20.8. The molecular formula is C21H23ClN4O3. The summed E-state index contributed by atoms with van der Waals surface area (Å²) in [4.78, 5) is 23.4. The molecular weight excluding hydrogens is 392 g/mol. The third-order valence-electron chi connectivity index (χ3n) is 4.90. The molecule has 0 unspecified atom stereocenters. The van der Waals surface area contributed by atoms with E-state index in [1.807, 2.05) is 36.4 Å². The van der Waals surface area contributed by atoms with Crippen LogP contribution in [0.25, 0.3) is 11.3 Å². The van der Waals surface area contributed by atoms with Gasteiger partial charge < -0.3 is 14.4 Å². The Hall–Kier alpha value is -2.90. The lowest BCUT2D eigenvalue weighted by Gasteiger charge is -2.34. The predicted octanol–water partition coefficient (Wildman–Crippen LogP) is 2.85. The number of methoxy groups -OCH3 is 1. The van der Waals surface area contributed by atoms with Crippen LogP contribution in [0.15, 0.2) is 59.7 Å². The Balaban J connectivity index is 0.00000240. The topological polar surface area (TPSA) is 69.5 Å². The molecule has 29 heavy (non-hydrogen) atoms. The van der Waals surface area contributed by atoms with E-state index in [1.54, 1.807) is 37.2 Å². The number of aromatic nitrogens is 3. The van der Waals surface area contributed by atoms with E-state index in [1.165, 1.54) is 0 Å². The Kier molecular flexibility index (Phi) is 6.51. The summed E-state index contributed by atoms with van der Waals surface area (Å²) in [6.07, 6.45) is 3.27. The third kappa shape index (κ3) is 4.41. The minimum atomic E-state index is -0.120. The predicted molar refractivity (Wildman–Crippen MR) is 114 cm³/mol. The van der Waals surface area contributed by atoms with E-state index in [0.717, 1.165) is 16.9 Å². The summed E-state index contributed by atoms with van der Waals surface area (Å²) in [7, 11) is 3.40. The average molecular weight is 415 g/mol. The van der Waals surface area contributed by atoms with Gasteiger partial charge in [-0.2, -0.15) is 0 Å². The highest BCUT2D eigenvalue weighted by molar-refractivity contribution is 5.85. The molecule has 0 bridgehead atoms. The van der Waals surface area contributed by atoms with Gasteiger partial charge in [0, 0.05) is 37.6 Å². The van der Waals surface area contributed by atoms with Gasteiger partial charge in [-0.05, 0) is 29.8 Å². The Morgan fingerprint density at radius 2 is 1.97 bits per heavy atom. The van der Waals surface area contributed by atoms with Crippen molar-refractivity contribution in [2.75, 3.05) is 31.7 Å². The molecule has 1 aromatic carbocycles. The number of hydrogen-bond donors (Lipinski definition) is 0. The number of anilines is 1. The Morgan fingerprint density at radius 3 is 2.72 bits per heavy atom. The van der Waals surface area contributed by atoms with Crippen LogP contribution in [-0.2, 0) is 11.8 Å². The van der Waals surface area contributed by atoms with Gasteiger partial charge in [0.1, 0.15) is 11.9 Å². The average Bonchev–Trinajstić information content (AvgIpc) is 2.76. The number of morpholine rings is 1. The molecule has 0 aliphatic carbocycles. The van der Waals surface area contributed by atoms with E-state index < -0.39 is 0 Å². The Labute approximate surface area is 175 Å². The van der Waals surface area contributed by atoms with Crippen LogP contribution in [0.3, 0.4) is 0 Å². The molecule has 0 amide bonds. The summed E-state index contributed by atoms with van der Waals surface area (Å²) in [5, 5.41) is 0. The van der Waals surface area contributed by atoms with Crippen molar-refractivity contribution in [3.8, 4) is 17.0 Å². The lowest BCUT2D eigenvalue weighted by Crippen LogP contribution is -2.41. The van der Waals surface area contributed by atoms with Crippen molar-refractivity contribution in [3.05, 3.63) is 70.8 Å². The Bertz CT molecular complexity index is 1030. The lowest BCUT2D eigenvalue weighted by atomic mass is 10.1. The van der Waals surface area contributed by atoms with E-state index in [2.05, 4.69) is 9.88 Å². The summed E-state index contributed by atoms with van der Waals surface area (Å²) in [6.45, 7) is 1.82. The maximum absolute atomic E-state index is 12.5. The smallest absolute Gasteiger partial charge is 0.255 e. The van der Waals surface area contributed by atoms with Gasteiger partial charge in [-0.25, -0.2) is 4.98 Å². The number of benzene rings is 1. The van der Waals surface area contributed by atoms with Crippen molar-refractivity contribution in [1.29, 1.82) is 0 Å². The molecule has 1 aliphatic rings. The van der Waals surface area contributed by atoms with Crippen molar-refractivity contribution in [2.24, 2.45) is 7.05 Å². The van der Waals surface area contributed by atoms with Crippen LogP contribution in [0.1, 0.15) is 11.7 Å². The molecule has 1 aliphatic heterocycles. The van der Waals surface area contributed by atoms with Gasteiger partial charge in [-0.15, -0.1) is 12.4 Å². The zero-order chi connectivity index (χ0) is 19.5. The molecule has 1 fully saturated rings. The zero-order valence-electron chi connectivity index (χ0n) is 16.3. The number of ether oxygens (including phenoxy) is 2. The molecule has 3 heterocycles. The molecule has 8 heteroatoms. The first-order valence-electron chi connectivity index (χ1n) is 9.14. The number of nitrogens with zero attached hydrogens (tertiary/aromatic N) is 4. The van der Waals surface area contributed by atoms with E-state index in [4.69, 9.17) is 14.5 Å². The number of pyridine rings is 1. The van der Waals surface area contributed by atoms with Crippen LogP contribution in [0, 0.1) is 0 Å². The quantitative estimate of drug-likeness (QED) is 0.653. The van der Waals surface area contributed by atoms with Crippen molar-refractivity contribution < 1.29 is 9.47 Å². The minimum Gasteiger partial charge on any atom is -0.497 e. The second-order valence-corrected chi connectivity index (χ2v) is 6.66. The fourth-order valence-electron chi connectivity index (χ4n) is 3.36. The van der Waals surface area contributed by atoms with Crippen LogP contribution < -0.4 is 15.2 Å². The van der Waals surface area contributed by atoms with Crippen LogP contribution in [0.5, 0.6) is 5.75 Å². The van der Waals surface area contributed by atoms with Crippen LogP contribution in [0.2, 0.25) is 0 Å². The summed E-state index contributed by atoms with van der Waals surface area (Å²) in [5.41, 5.74) is 2.46. The highest BCUT2D eigenvalue weighted by Gasteiger charge is 2.25. The molecule has 7 nitrogen and oxygen atoms in total. The summed E-state index contributed by atoms with van der Waals surface area (Å²) < 4.78 is 12.9. The second kappa shape index (κ2) is 9.07. The second-order valence-electron chi connectivity index (χ2n) is 6.66. The lowest BCUT2D eigenvalue weighted by molar-refractivity contribution is 0.0388. The van der Waals surface area contributed by atoms with Gasteiger partial charge in [-0.3, -0.25) is 14.3 Å². The van der Waals surface area contributed by atoms with Gasteiger partial charge >= 0.3 is 0 Å². The molecule has 0 radical (unpaired) electrons. The number of rotatable bonds is 4. The molecule has 1 saturated heterocycles. The molecule has 4 rings (SSSR count). The number of hydrogen-bond acceptors (Lipinski definition) is 6. The monoisotopic (exact) mass is 414 g/mol. The molecule has 0 saturated carbocycles. The largest absolute Gasteiger partial charge is 0.497 e. The van der Waals surface area contributed by atoms with Crippen molar-refractivity contribution in [1.82, 2.24) is 14.5 Å². The molecule has 152 valence electrons. The van der Waals surface area contributed by atoms with E-state index in [0.29, 0.717) is 31.3 Å². The van der Waals surface area contributed by atoms with Gasteiger partial charge in [-0.1, -0.05) is 12.1 Å². The molecule has 1 atom stereocenters. The van der Waals surface area contributed by atoms with E-state index in [-0.39, 0.29) is 24.1 Å². The highest BCUT2D eigenvalue weighted by Crippen LogP contribution is 2.27. The molecule has 2 aromatic heterocycles. The standard InChI is InChI=1S/C21H22N4O3.ClH/c1-24-20(26)13-18(15-6-8-22-9-7-15)23-21(24)25-10-11-28-19(14-25)16-4-3-5-17(12-16)27-2;/h3-9,12-13,19H,10-11,14H2,1-2H3;1H/t19-;/m0./s1. The van der Waals surface area contributed by atoms with Crippen LogP contribution in [-0.4, -0.2) is 41.3 Å². The molecule has 0 N–H and O–H groups in total. The van der Waals surface area contributed by atoms with Gasteiger partial charge in [0.15, 0.2) is 0 Å². The summed E-state index contributed by atoms with van der Waals surface area (Å²) >= 11 is 0. The maximum Gasteiger partial charge on any atom is 0.255 e. The highest BCUT2D eigenvalue weighted by atomic mass is 35.5. The normalized spacial score (nSPS) is 16.2. The fraction of sp³-hybridized carbons (Fsp3) is 0.286. The van der Waals surface area contributed by atoms with E-state index >= 15 is 0 Å². The van der Waals surface area contributed by atoms with Crippen LogP contribution >= 0.6 is 12.4 Å². The molecule has 0 spiro atoms. The first-order valence-corrected chi connectivity index (χ1v) is 9.14. The maximum atomic E-state index is 12.5. The van der Waals surface area contributed by atoms with Gasteiger partial charge in [0.2, 0.25) is 5.95 Å². The minimum absolute atomic E-state index is 0. The Morgan fingerprint density at radius 1 is 1.17 bits per heavy atom. The summed E-state index contributed by atoms with van der Waals surface area (Å²) in [6, 6.07) is 13.1. The number of halogens is 1. The van der Waals surface area contributed by atoms with Crippen molar-refractivity contribution in [3.63, 3.8) is 0 Å². The summed E-state index contributed by atoms with van der Waals surface area (Å²) in [5.74, 6) is 1.43. The van der Waals surface area contributed by atoms with E-state index in [9.17, 15) is 4.79 Å². The van der Waals surface area contributed by atoms with Crippen molar-refractivity contribution >= 4 is 18.4 Å². The van der Waals surface area contributed by atoms with Gasteiger partial charge in [0.05, 0.1) is 26.0 Å². The van der Waals surface area contributed by atoms with Crippen LogP contribution in [0.4, 0.5) is 5.95 Å². The SMILES string of the molecule is COc1cccc([C@@H]2CN(c3nc(-c4ccncc4)cc(=O)n3C)CCO2)c1.Cl. The van der Waals surface area contributed by atoms with Crippen molar-refractivity contribution in [2.45, 2.75) is 6.10 Å². The first-order chi connectivity index (χ1) is 13.7. The zero-order valence-corrected chi connectivity index (χ0v) is 17.1. The fourth-order valence-corrected chi connectivity index (χ4v) is 3.36.